The molecular formula is C13H20BrFN2. The number of halogens is 2. The Labute approximate surface area is 111 Å². The van der Waals surface area contributed by atoms with Gasteiger partial charge >= 0.3 is 0 Å². The predicted molar refractivity (Wildman–Crippen MR) is 73.6 cm³/mol. The van der Waals surface area contributed by atoms with Gasteiger partial charge in [0.1, 0.15) is 5.82 Å². The highest BCUT2D eigenvalue weighted by Gasteiger charge is 2.15. The van der Waals surface area contributed by atoms with Crippen molar-refractivity contribution < 1.29 is 4.39 Å². The lowest BCUT2D eigenvalue weighted by Crippen LogP contribution is -2.42. The van der Waals surface area contributed by atoms with E-state index in [9.17, 15) is 4.39 Å². The molecule has 0 amide bonds. The van der Waals surface area contributed by atoms with Crippen molar-refractivity contribution in [2.75, 3.05) is 13.1 Å². The summed E-state index contributed by atoms with van der Waals surface area (Å²) in [6, 6.07) is 5.03. The summed E-state index contributed by atoms with van der Waals surface area (Å²) >= 11 is 3.35. The van der Waals surface area contributed by atoms with Crippen LogP contribution in [0.5, 0.6) is 0 Å². The summed E-state index contributed by atoms with van der Waals surface area (Å²) in [7, 11) is 0. The SMILES string of the molecule is CC(C)(CCN)NCCc1cc(Br)ccc1F. The van der Waals surface area contributed by atoms with Crippen molar-refractivity contribution in [2.24, 2.45) is 5.73 Å². The summed E-state index contributed by atoms with van der Waals surface area (Å²) in [6.07, 6.45) is 1.59. The minimum atomic E-state index is -0.147. The van der Waals surface area contributed by atoms with Crippen molar-refractivity contribution >= 4 is 15.9 Å². The van der Waals surface area contributed by atoms with E-state index in [1.54, 1.807) is 6.07 Å². The Morgan fingerprint density at radius 3 is 2.76 bits per heavy atom. The zero-order valence-corrected chi connectivity index (χ0v) is 12.0. The van der Waals surface area contributed by atoms with Crippen LogP contribution in [0.1, 0.15) is 25.8 Å². The standard InChI is InChI=1S/C13H20BrFN2/c1-13(2,6-7-16)17-8-5-10-9-11(14)3-4-12(10)15/h3-4,9,17H,5-8,16H2,1-2H3. The molecule has 0 spiro atoms. The minimum Gasteiger partial charge on any atom is -0.330 e. The summed E-state index contributed by atoms with van der Waals surface area (Å²) in [6.45, 7) is 5.62. The molecule has 0 fully saturated rings. The van der Waals surface area contributed by atoms with Crippen LogP contribution in [-0.4, -0.2) is 18.6 Å². The van der Waals surface area contributed by atoms with E-state index >= 15 is 0 Å². The first kappa shape index (κ1) is 14.6. The molecule has 96 valence electrons. The monoisotopic (exact) mass is 302 g/mol. The van der Waals surface area contributed by atoms with Gasteiger partial charge in [-0.3, -0.25) is 0 Å². The fourth-order valence-electron chi connectivity index (χ4n) is 1.72. The lowest BCUT2D eigenvalue weighted by atomic mass is 10.0. The molecule has 0 aliphatic heterocycles. The van der Waals surface area contributed by atoms with Crippen LogP contribution in [-0.2, 0) is 6.42 Å². The predicted octanol–water partition coefficient (Wildman–Crippen LogP) is 2.85. The van der Waals surface area contributed by atoms with Crippen LogP contribution in [0.2, 0.25) is 0 Å². The van der Waals surface area contributed by atoms with Gasteiger partial charge in [0, 0.05) is 10.0 Å². The molecule has 1 aromatic carbocycles. The molecule has 17 heavy (non-hydrogen) atoms. The second kappa shape index (κ2) is 6.47. The first-order valence-corrected chi connectivity index (χ1v) is 6.63. The number of nitrogens with one attached hydrogen (secondary N) is 1. The van der Waals surface area contributed by atoms with Crippen LogP contribution < -0.4 is 11.1 Å². The molecule has 0 radical (unpaired) electrons. The van der Waals surface area contributed by atoms with Gasteiger partial charge in [-0.25, -0.2) is 4.39 Å². The number of benzene rings is 1. The molecule has 0 bridgehead atoms. The van der Waals surface area contributed by atoms with Crippen molar-refractivity contribution in [1.82, 2.24) is 5.32 Å². The van der Waals surface area contributed by atoms with Gasteiger partial charge in [-0.05, 0) is 63.5 Å². The highest BCUT2D eigenvalue weighted by molar-refractivity contribution is 9.10. The van der Waals surface area contributed by atoms with Gasteiger partial charge in [0.25, 0.3) is 0 Å². The largest absolute Gasteiger partial charge is 0.330 e. The third-order valence-corrected chi connectivity index (χ3v) is 3.27. The zero-order chi connectivity index (χ0) is 12.9. The summed E-state index contributed by atoms with van der Waals surface area (Å²) in [5.41, 5.74) is 6.28. The Kier molecular flexibility index (Phi) is 5.56. The molecule has 0 unspecified atom stereocenters. The van der Waals surface area contributed by atoms with Gasteiger partial charge in [0.15, 0.2) is 0 Å². The molecule has 0 atom stereocenters. The van der Waals surface area contributed by atoms with Gasteiger partial charge in [0.05, 0.1) is 0 Å². The molecular weight excluding hydrogens is 283 g/mol. The molecule has 0 saturated carbocycles. The molecule has 4 heteroatoms. The van der Waals surface area contributed by atoms with Crippen molar-refractivity contribution in [3.63, 3.8) is 0 Å². The highest BCUT2D eigenvalue weighted by atomic mass is 79.9. The molecule has 0 aliphatic rings. The van der Waals surface area contributed by atoms with Crippen LogP contribution >= 0.6 is 15.9 Å². The lowest BCUT2D eigenvalue weighted by molar-refractivity contribution is 0.369. The normalized spacial score (nSPS) is 11.8. The van der Waals surface area contributed by atoms with Gasteiger partial charge < -0.3 is 11.1 Å². The smallest absolute Gasteiger partial charge is 0.126 e. The summed E-state index contributed by atoms with van der Waals surface area (Å²) in [4.78, 5) is 0. The maximum Gasteiger partial charge on any atom is 0.126 e. The van der Waals surface area contributed by atoms with E-state index in [-0.39, 0.29) is 11.4 Å². The van der Waals surface area contributed by atoms with Gasteiger partial charge in [-0.1, -0.05) is 15.9 Å². The quantitative estimate of drug-likeness (QED) is 0.848. The molecule has 3 N–H and O–H groups in total. The van der Waals surface area contributed by atoms with E-state index < -0.39 is 0 Å². The van der Waals surface area contributed by atoms with E-state index in [1.165, 1.54) is 6.07 Å². The molecule has 0 heterocycles. The first-order valence-electron chi connectivity index (χ1n) is 5.83. The maximum atomic E-state index is 13.5. The van der Waals surface area contributed by atoms with Crippen molar-refractivity contribution in [1.29, 1.82) is 0 Å². The Bertz CT molecular complexity index is 366. The third-order valence-electron chi connectivity index (χ3n) is 2.77. The summed E-state index contributed by atoms with van der Waals surface area (Å²) in [5, 5.41) is 3.39. The highest BCUT2D eigenvalue weighted by Crippen LogP contribution is 2.16. The second-order valence-electron chi connectivity index (χ2n) is 4.84. The van der Waals surface area contributed by atoms with Crippen molar-refractivity contribution in [2.45, 2.75) is 32.2 Å². The Morgan fingerprint density at radius 1 is 1.41 bits per heavy atom. The average molecular weight is 303 g/mol. The van der Waals surface area contributed by atoms with Crippen LogP contribution in [0, 0.1) is 5.82 Å². The molecule has 0 aliphatic carbocycles. The van der Waals surface area contributed by atoms with Gasteiger partial charge in [-0.2, -0.15) is 0 Å². The van der Waals surface area contributed by atoms with Crippen molar-refractivity contribution in [3.8, 4) is 0 Å². The molecule has 0 aromatic heterocycles. The van der Waals surface area contributed by atoms with E-state index in [0.29, 0.717) is 13.0 Å². The summed E-state index contributed by atoms with van der Waals surface area (Å²) < 4.78 is 14.4. The molecule has 1 aromatic rings. The van der Waals surface area contributed by atoms with E-state index in [0.717, 1.165) is 23.0 Å². The zero-order valence-electron chi connectivity index (χ0n) is 10.4. The van der Waals surface area contributed by atoms with Gasteiger partial charge in [-0.15, -0.1) is 0 Å². The number of hydrogen-bond acceptors (Lipinski definition) is 2. The van der Waals surface area contributed by atoms with Crippen LogP contribution in [0.15, 0.2) is 22.7 Å². The maximum absolute atomic E-state index is 13.5. The lowest BCUT2D eigenvalue weighted by Gasteiger charge is -2.25. The van der Waals surface area contributed by atoms with E-state index in [4.69, 9.17) is 5.73 Å². The Morgan fingerprint density at radius 2 is 2.12 bits per heavy atom. The minimum absolute atomic E-state index is 0.0111. The van der Waals surface area contributed by atoms with E-state index in [2.05, 4.69) is 35.1 Å². The summed E-state index contributed by atoms with van der Waals surface area (Å²) in [5.74, 6) is -0.147. The van der Waals surface area contributed by atoms with Crippen LogP contribution in [0.3, 0.4) is 0 Å². The number of rotatable bonds is 6. The number of nitrogens with two attached hydrogens (primary N) is 1. The van der Waals surface area contributed by atoms with Crippen LogP contribution in [0.25, 0.3) is 0 Å². The fraction of sp³-hybridized carbons (Fsp3) is 0.538. The Balaban J connectivity index is 2.48. The molecule has 0 saturated heterocycles. The second-order valence-corrected chi connectivity index (χ2v) is 5.75. The molecule has 1 rings (SSSR count). The van der Waals surface area contributed by atoms with E-state index in [1.807, 2.05) is 6.07 Å². The van der Waals surface area contributed by atoms with Crippen LogP contribution in [0.4, 0.5) is 4.39 Å². The fourth-order valence-corrected chi connectivity index (χ4v) is 2.13. The third kappa shape index (κ3) is 5.15. The first-order chi connectivity index (χ1) is 7.94. The number of hydrogen-bond donors (Lipinski definition) is 2. The topological polar surface area (TPSA) is 38.0 Å². The molecule has 2 nitrogen and oxygen atoms in total. The Hall–Kier alpha value is -0.450. The van der Waals surface area contributed by atoms with Gasteiger partial charge in [0.2, 0.25) is 0 Å². The van der Waals surface area contributed by atoms with Crippen molar-refractivity contribution in [3.05, 3.63) is 34.1 Å². The average Bonchev–Trinajstić information content (AvgIpc) is 2.23.